The van der Waals surface area contributed by atoms with Crippen LogP contribution in [0.25, 0.3) is 0 Å². The van der Waals surface area contributed by atoms with Gasteiger partial charge in [-0.1, -0.05) is 0 Å². The fourth-order valence-electron chi connectivity index (χ4n) is 1.32. The molecule has 0 saturated carbocycles. The summed E-state index contributed by atoms with van der Waals surface area (Å²) in [6.07, 6.45) is -0.847. The van der Waals surface area contributed by atoms with Crippen LogP contribution < -0.4 is 4.74 Å². The number of benzene rings is 1. The van der Waals surface area contributed by atoms with Crippen molar-refractivity contribution >= 4 is 35.6 Å². The minimum atomic E-state index is -2.19. The van der Waals surface area contributed by atoms with Gasteiger partial charge in [0, 0.05) is 0 Å². The molecule has 0 aliphatic carbocycles. The van der Waals surface area contributed by atoms with Crippen molar-refractivity contribution in [2.75, 3.05) is 7.11 Å². The molecule has 0 aliphatic rings. The number of nitrogens with zero attached hydrogens (tertiary/aromatic N) is 1. The molecule has 20 heavy (non-hydrogen) atoms. The van der Waals surface area contributed by atoms with Crippen LogP contribution in [-0.2, 0) is 23.0 Å². The van der Waals surface area contributed by atoms with Gasteiger partial charge in [0.15, 0.2) is 0 Å². The van der Waals surface area contributed by atoms with Crippen molar-refractivity contribution < 1.29 is 32.7 Å². The van der Waals surface area contributed by atoms with Gasteiger partial charge in [0.2, 0.25) is 0 Å². The number of esters is 1. The molecule has 1 rings (SSSR count). The maximum absolute atomic E-state index is 11.3. The number of carbonyl (C=O) groups excluding carboxylic acids is 1. The van der Waals surface area contributed by atoms with Crippen LogP contribution in [-0.4, -0.2) is 28.7 Å². The molecule has 9 heteroatoms. The molecule has 6 nitrogen and oxygen atoms in total. The normalized spacial score (nSPS) is 12.3. The summed E-state index contributed by atoms with van der Waals surface area (Å²) in [7, 11) is 12.8. The fraction of sp³-hybridized carbons (Fsp3) is 0.273. The number of halogens is 2. The van der Waals surface area contributed by atoms with Crippen LogP contribution in [0.4, 0.5) is 5.69 Å². The van der Waals surface area contributed by atoms with Gasteiger partial charge in [-0.25, -0.2) is 0 Å². The van der Waals surface area contributed by atoms with Crippen molar-refractivity contribution in [2.45, 2.75) is 13.0 Å². The SMILES string of the molecule is COC(=O)C(C)Oc1ccc([N+](=O)[O-])cc1[CH]=[Ru]([Cl])[Cl]. The number of carbonyl (C=O) groups is 1. The second kappa shape index (κ2) is 7.67. The number of nitro groups is 1. The van der Waals surface area contributed by atoms with E-state index < -0.39 is 30.5 Å². The first kappa shape index (κ1) is 17.0. The van der Waals surface area contributed by atoms with Crippen LogP contribution in [0.1, 0.15) is 12.5 Å². The number of nitro benzene ring substituents is 1. The number of non-ortho nitro benzene ring substituents is 1. The number of methoxy groups -OCH3 is 1. The summed E-state index contributed by atoms with van der Waals surface area (Å²) in [6, 6.07) is 3.97. The maximum atomic E-state index is 11.3. The predicted molar refractivity (Wildman–Crippen MR) is 72.1 cm³/mol. The van der Waals surface area contributed by atoms with E-state index in [9.17, 15) is 14.9 Å². The summed E-state index contributed by atoms with van der Waals surface area (Å²) in [6.45, 7) is 1.51. The molecule has 0 amide bonds. The van der Waals surface area contributed by atoms with Crippen LogP contribution in [0, 0.1) is 10.1 Å². The van der Waals surface area contributed by atoms with E-state index in [1.165, 1.54) is 36.8 Å². The fourth-order valence-corrected chi connectivity index (χ4v) is 3.11. The first-order valence-electron chi connectivity index (χ1n) is 5.21. The van der Waals surface area contributed by atoms with E-state index in [2.05, 4.69) is 4.74 Å². The Morgan fingerprint density at radius 2 is 2.15 bits per heavy atom. The molecule has 0 aliphatic heterocycles. The van der Waals surface area contributed by atoms with E-state index in [-0.39, 0.29) is 11.4 Å². The molecule has 0 saturated heterocycles. The monoisotopic (exact) mass is 409 g/mol. The van der Waals surface area contributed by atoms with E-state index >= 15 is 0 Å². The summed E-state index contributed by atoms with van der Waals surface area (Å²) in [5.74, 6) is -0.270. The second-order valence-corrected chi connectivity index (χ2v) is 9.29. The Hall–Kier alpha value is -1.04. The zero-order valence-corrected chi connectivity index (χ0v) is 13.7. The van der Waals surface area contributed by atoms with Crippen molar-refractivity contribution in [1.82, 2.24) is 0 Å². The van der Waals surface area contributed by atoms with E-state index in [4.69, 9.17) is 24.1 Å². The number of hydrogen-bond acceptors (Lipinski definition) is 5. The van der Waals surface area contributed by atoms with E-state index in [1.807, 2.05) is 0 Å². The molecule has 1 unspecified atom stereocenters. The Kier molecular flexibility index (Phi) is 6.52. The van der Waals surface area contributed by atoms with Crippen molar-refractivity contribution in [1.29, 1.82) is 0 Å². The average Bonchev–Trinajstić information content (AvgIpc) is 2.38. The molecule has 1 aromatic rings. The average molecular weight is 409 g/mol. The van der Waals surface area contributed by atoms with E-state index in [0.717, 1.165) is 0 Å². The van der Waals surface area contributed by atoms with Gasteiger partial charge >= 0.3 is 128 Å². The molecule has 0 aromatic heterocycles. The number of ether oxygens (including phenoxy) is 2. The zero-order chi connectivity index (χ0) is 15.3. The number of hydrogen-bond donors (Lipinski definition) is 0. The van der Waals surface area contributed by atoms with Gasteiger partial charge in [-0.2, -0.15) is 0 Å². The first-order valence-corrected chi connectivity index (χ1v) is 10.7. The van der Waals surface area contributed by atoms with E-state index in [0.29, 0.717) is 5.56 Å². The van der Waals surface area contributed by atoms with Crippen molar-refractivity contribution in [2.24, 2.45) is 0 Å². The second-order valence-electron chi connectivity index (χ2n) is 3.57. The Balaban J connectivity index is 3.15. The molecule has 1 aromatic carbocycles. The summed E-state index contributed by atoms with van der Waals surface area (Å²) in [5, 5.41) is 10.7. The molecule has 1 atom stereocenters. The van der Waals surface area contributed by atoms with Gasteiger partial charge in [0.05, 0.1) is 0 Å². The Bertz CT molecular complexity index is 560. The van der Waals surface area contributed by atoms with Crippen LogP contribution in [0.3, 0.4) is 0 Å². The van der Waals surface area contributed by atoms with Gasteiger partial charge in [0.25, 0.3) is 0 Å². The Morgan fingerprint density at radius 3 is 2.65 bits per heavy atom. The molecule has 0 bridgehead atoms. The van der Waals surface area contributed by atoms with E-state index in [1.54, 1.807) is 0 Å². The molecule has 112 valence electrons. The quantitative estimate of drug-likeness (QED) is 0.323. The van der Waals surface area contributed by atoms with Crippen LogP contribution >= 0.6 is 19.4 Å². The van der Waals surface area contributed by atoms with Gasteiger partial charge in [-0.3, -0.25) is 0 Å². The van der Waals surface area contributed by atoms with Crippen LogP contribution in [0.15, 0.2) is 18.2 Å². The van der Waals surface area contributed by atoms with Gasteiger partial charge < -0.3 is 0 Å². The molecule has 0 spiro atoms. The first-order chi connectivity index (χ1) is 9.35. The topological polar surface area (TPSA) is 78.7 Å². The third-order valence-electron chi connectivity index (χ3n) is 2.23. The predicted octanol–water partition coefficient (Wildman–Crippen LogP) is 2.61. The van der Waals surface area contributed by atoms with Crippen molar-refractivity contribution in [3.63, 3.8) is 0 Å². The molecule has 0 N–H and O–H groups in total. The summed E-state index contributed by atoms with van der Waals surface area (Å²) < 4.78 is 11.5. The van der Waals surface area contributed by atoms with Crippen molar-refractivity contribution in [3.05, 3.63) is 33.9 Å². The third kappa shape index (κ3) is 4.81. The number of rotatable bonds is 5. The minimum absolute atomic E-state index is 0.113. The third-order valence-corrected chi connectivity index (χ3v) is 4.06. The van der Waals surface area contributed by atoms with Crippen LogP contribution in [0.5, 0.6) is 5.75 Å². The summed E-state index contributed by atoms with van der Waals surface area (Å²) in [4.78, 5) is 21.5. The Morgan fingerprint density at radius 1 is 1.50 bits per heavy atom. The molecule has 0 radical (unpaired) electrons. The molecule has 0 fully saturated rings. The zero-order valence-electron chi connectivity index (χ0n) is 10.5. The molecular formula is C11H11Cl2NO5Ru. The van der Waals surface area contributed by atoms with Gasteiger partial charge in [0.1, 0.15) is 0 Å². The summed E-state index contributed by atoms with van der Waals surface area (Å²) >= 11 is -2.19. The standard InChI is InChI=1S/C11H11NO5.2ClH.Ru/c1-7-6-9(12(14)15)4-5-10(7)17-8(2)11(13)16-3;;;/h1,4-6,8H,2-3H3;2*1H;/q;;;+2/p-2. The Labute approximate surface area is 128 Å². The summed E-state index contributed by atoms with van der Waals surface area (Å²) in [5.41, 5.74) is 0.275. The molecule has 0 heterocycles. The molecular weight excluding hydrogens is 398 g/mol. The van der Waals surface area contributed by atoms with Gasteiger partial charge in [-0.15, -0.1) is 0 Å². The van der Waals surface area contributed by atoms with Crippen LogP contribution in [0.2, 0.25) is 0 Å². The van der Waals surface area contributed by atoms with Gasteiger partial charge in [-0.05, 0) is 0 Å². The van der Waals surface area contributed by atoms with Crippen molar-refractivity contribution in [3.8, 4) is 5.75 Å².